The molecule has 1 rings (SSSR count). The van der Waals surface area contributed by atoms with Crippen molar-refractivity contribution >= 4 is 5.91 Å². The zero-order valence-corrected chi connectivity index (χ0v) is 13.0. The highest BCUT2D eigenvalue weighted by Crippen LogP contribution is 2.18. The maximum Gasteiger partial charge on any atom is 0.258 e. The van der Waals surface area contributed by atoms with Gasteiger partial charge in [0.2, 0.25) is 0 Å². The molecule has 1 N–H and O–H groups in total. The molecule has 21 heavy (non-hydrogen) atoms. The topological polar surface area (TPSA) is 66.0 Å². The van der Waals surface area contributed by atoms with Crippen molar-refractivity contribution in [1.82, 2.24) is 5.32 Å². The molecule has 1 aromatic rings. The van der Waals surface area contributed by atoms with Crippen LogP contribution in [0.5, 0.6) is 11.5 Å². The highest BCUT2D eigenvalue weighted by Gasteiger charge is 2.24. The number of carbonyl (C=O) groups excluding carboxylic acids is 1. The van der Waals surface area contributed by atoms with Gasteiger partial charge in [0.05, 0.1) is 13.7 Å². The van der Waals surface area contributed by atoms with Crippen LogP contribution >= 0.6 is 0 Å². The molecule has 1 unspecified atom stereocenters. The number of carbonyl (C=O) groups is 1. The van der Waals surface area contributed by atoms with Gasteiger partial charge in [-0.15, -0.1) is 0 Å². The van der Waals surface area contributed by atoms with Gasteiger partial charge >= 0.3 is 0 Å². The van der Waals surface area contributed by atoms with Crippen LogP contribution in [0.25, 0.3) is 0 Å². The molecule has 6 heteroatoms. The smallest absolute Gasteiger partial charge is 0.258 e. The lowest BCUT2D eigenvalue weighted by molar-refractivity contribution is -0.125. The Labute approximate surface area is 125 Å². The van der Waals surface area contributed by atoms with Crippen molar-refractivity contribution in [2.75, 3.05) is 41.1 Å². The fourth-order valence-corrected chi connectivity index (χ4v) is 1.66. The predicted molar refractivity (Wildman–Crippen MR) is 78.8 cm³/mol. The molecular weight excluding hydrogens is 274 g/mol. The standard InChI is InChI=1S/C15H23NO5/c1-15(20-4,11-18-2)10-16-14(17)9-21-13-7-5-6-12(8-13)19-3/h5-8H,9-11H2,1-4H3,(H,16,17). The quantitative estimate of drug-likeness (QED) is 0.743. The van der Waals surface area contributed by atoms with Gasteiger partial charge in [-0.05, 0) is 19.1 Å². The molecule has 1 aromatic carbocycles. The SMILES string of the molecule is COCC(C)(CNC(=O)COc1cccc(OC)c1)OC. The van der Waals surface area contributed by atoms with E-state index in [1.54, 1.807) is 39.5 Å². The normalized spacial score (nSPS) is 13.3. The highest BCUT2D eigenvalue weighted by molar-refractivity contribution is 5.77. The summed E-state index contributed by atoms with van der Waals surface area (Å²) in [5.41, 5.74) is -0.555. The number of benzene rings is 1. The second-order valence-corrected chi connectivity index (χ2v) is 4.83. The minimum absolute atomic E-state index is 0.0695. The third kappa shape index (κ3) is 6.01. The van der Waals surface area contributed by atoms with Crippen molar-refractivity contribution in [3.63, 3.8) is 0 Å². The first kappa shape index (κ1) is 17.3. The molecule has 1 atom stereocenters. The van der Waals surface area contributed by atoms with Crippen LogP contribution in [0.2, 0.25) is 0 Å². The van der Waals surface area contributed by atoms with Crippen molar-refractivity contribution in [1.29, 1.82) is 0 Å². The van der Waals surface area contributed by atoms with Crippen molar-refractivity contribution in [3.8, 4) is 11.5 Å². The first-order valence-corrected chi connectivity index (χ1v) is 6.60. The molecule has 6 nitrogen and oxygen atoms in total. The molecule has 0 spiro atoms. The third-order valence-electron chi connectivity index (χ3n) is 3.01. The van der Waals surface area contributed by atoms with E-state index in [9.17, 15) is 4.79 Å². The Morgan fingerprint density at radius 3 is 2.57 bits per heavy atom. The Hall–Kier alpha value is -1.79. The number of hydrogen-bond acceptors (Lipinski definition) is 5. The average Bonchev–Trinajstić information content (AvgIpc) is 2.51. The predicted octanol–water partition coefficient (Wildman–Crippen LogP) is 1.24. The molecule has 0 aliphatic heterocycles. The Bertz CT molecular complexity index is 451. The lowest BCUT2D eigenvalue weighted by Crippen LogP contribution is -2.46. The second-order valence-electron chi connectivity index (χ2n) is 4.83. The number of methoxy groups -OCH3 is 3. The Morgan fingerprint density at radius 1 is 1.24 bits per heavy atom. The fraction of sp³-hybridized carbons (Fsp3) is 0.533. The van der Waals surface area contributed by atoms with E-state index in [4.69, 9.17) is 18.9 Å². The van der Waals surface area contributed by atoms with Crippen LogP contribution < -0.4 is 14.8 Å². The third-order valence-corrected chi connectivity index (χ3v) is 3.01. The summed E-state index contributed by atoms with van der Waals surface area (Å²) in [6.07, 6.45) is 0. The van der Waals surface area contributed by atoms with Gasteiger partial charge in [0.25, 0.3) is 5.91 Å². The largest absolute Gasteiger partial charge is 0.497 e. The molecule has 0 heterocycles. The number of nitrogens with one attached hydrogen (secondary N) is 1. The van der Waals surface area contributed by atoms with Crippen LogP contribution in [0.3, 0.4) is 0 Å². The van der Waals surface area contributed by atoms with Gasteiger partial charge in [-0.2, -0.15) is 0 Å². The molecular formula is C15H23NO5. The van der Waals surface area contributed by atoms with Gasteiger partial charge in [0.15, 0.2) is 6.61 Å². The molecule has 0 bridgehead atoms. The lowest BCUT2D eigenvalue weighted by Gasteiger charge is -2.27. The second kappa shape index (κ2) is 8.49. The van der Waals surface area contributed by atoms with Gasteiger partial charge in [-0.1, -0.05) is 6.07 Å². The number of amides is 1. The monoisotopic (exact) mass is 297 g/mol. The molecule has 118 valence electrons. The summed E-state index contributed by atoms with van der Waals surface area (Å²) in [7, 11) is 4.75. The molecule has 0 radical (unpaired) electrons. The molecule has 0 aliphatic rings. The van der Waals surface area contributed by atoms with Gasteiger partial charge in [-0.3, -0.25) is 4.79 Å². The van der Waals surface area contributed by atoms with E-state index in [-0.39, 0.29) is 12.5 Å². The average molecular weight is 297 g/mol. The Morgan fingerprint density at radius 2 is 1.95 bits per heavy atom. The zero-order valence-electron chi connectivity index (χ0n) is 13.0. The minimum atomic E-state index is -0.555. The van der Waals surface area contributed by atoms with E-state index in [1.807, 2.05) is 13.0 Å². The lowest BCUT2D eigenvalue weighted by atomic mass is 10.1. The molecule has 0 fully saturated rings. The molecule has 0 aliphatic carbocycles. The fourth-order valence-electron chi connectivity index (χ4n) is 1.66. The van der Waals surface area contributed by atoms with Gasteiger partial charge in [-0.25, -0.2) is 0 Å². The summed E-state index contributed by atoms with van der Waals surface area (Å²) in [6, 6.07) is 7.09. The number of hydrogen-bond donors (Lipinski definition) is 1. The summed E-state index contributed by atoms with van der Waals surface area (Å²) in [5.74, 6) is 1.04. The maximum absolute atomic E-state index is 11.8. The van der Waals surface area contributed by atoms with Crippen LogP contribution in [0, 0.1) is 0 Å². The summed E-state index contributed by atoms with van der Waals surface area (Å²) in [5, 5.41) is 2.76. The van der Waals surface area contributed by atoms with Crippen LogP contribution in [-0.4, -0.2) is 52.6 Å². The Balaban J connectivity index is 2.40. The van der Waals surface area contributed by atoms with Crippen LogP contribution in [-0.2, 0) is 14.3 Å². The maximum atomic E-state index is 11.8. The number of rotatable bonds is 9. The van der Waals surface area contributed by atoms with Crippen molar-refractivity contribution < 1.29 is 23.7 Å². The van der Waals surface area contributed by atoms with Crippen molar-refractivity contribution in [3.05, 3.63) is 24.3 Å². The minimum Gasteiger partial charge on any atom is -0.497 e. The Kier molecular flexibility index (Phi) is 6.98. The van der Waals surface area contributed by atoms with Crippen molar-refractivity contribution in [2.24, 2.45) is 0 Å². The molecule has 0 saturated carbocycles. The van der Waals surface area contributed by atoms with Crippen molar-refractivity contribution in [2.45, 2.75) is 12.5 Å². The number of ether oxygens (including phenoxy) is 4. The molecule has 1 amide bonds. The summed E-state index contributed by atoms with van der Waals surface area (Å²) >= 11 is 0. The zero-order chi connectivity index (χ0) is 15.7. The van der Waals surface area contributed by atoms with E-state index in [0.717, 1.165) is 0 Å². The van der Waals surface area contributed by atoms with E-state index >= 15 is 0 Å². The first-order valence-electron chi connectivity index (χ1n) is 6.60. The van der Waals surface area contributed by atoms with Crippen LogP contribution in [0.15, 0.2) is 24.3 Å². The summed E-state index contributed by atoms with van der Waals surface area (Å²) < 4.78 is 20.9. The van der Waals surface area contributed by atoms with Gasteiger partial charge in [0, 0.05) is 26.8 Å². The first-order chi connectivity index (χ1) is 10.0. The van der Waals surface area contributed by atoms with Crippen LogP contribution in [0.1, 0.15) is 6.92 Å². The van der Waals surface area contributed by atoms with E-state index in [0.29, 0.717) is 24.7 Å². The van der Waals surface area contributed by atoms with E-state index in [2.05, 4.69) is 5.32 Å². The van der Waals surface area contributed by atoms with Crippen LogP contribution in [0.4, 0.5) is 0 Å². The molecule has 0 aromatic heterocycles. The summed E-state index contributed by atoms with van der Waals surface area (Å²) in [4.78, 5) is 11.8. The van der Waals surface area contributed by atoms with Gasteiger partial charge in [0.1, 0.15) is 17.1 Å². The van der Waals surface area contributed by atoms with Gasteiger partial charge < -0.3 is 24.3 Å². The van der Waals surface area contributed by atoms with E-state index < -0.39 is 5.60 Å². The summed E-state index contributed by atoms with van der Waals surface area (Å²) in [6.45, 7) is 2.53. The molecule has 0 saturated heterocycles. The highest BCUT2D eigenvalue weighted by atomic mass is 16.5. The van der Waals surface area contributed by atoms with E-state index in [1.165, 1.54) is 0 Å².